The Kier molecular flexibility index (Phi) is 3.60. The summed E-state index contributed by atoms with van der Waals surface area (Å²) in [6.45, 7) is 3.50. The molecule has 2 aromatic rings. The third-order valence-corrected chi connectivity index (χ3v) is 2.87. The van der Waals surface area contributed by atoms with Gasteiger partial charge in [-0.2, -0.15) is 0 Å². The molecule has 3 nitrogen and oxygen atoms in total. The van der Waals surface area contributed by atoms with Gasteiger partial charge < -0.3 is 4.74 Å². The largest absolute Gasteiger partial charge is 0.480 e. The Morgan fingerprint density at radius 2 is 2.05 bits per heavy atom. The van der Waals surface area contributed by atoms with Crippen molar-refractivity contribution in [2.75, 3.05) is 7.11 Å². The quantitative estimate of drug-likeness (QED) is 0.795. The molecule has 0 aliphatic carbocycles. The number of carbonyl (C=O) groups excluding carboxylic acids is 1. The van der Waals surface area contributed by atoms with Crippen LogP contribution in [0.15, 0.2) is 30.5 Å². The maximum atomic E-state index is 14.0. The predicted octanol–water partition coefficient (Wildman–Crippen LogP) is 3.08. The maximum Gasteiger partial charge on any atom is 0.224 e. The molecule has 0 saturated heterocycles. The van der Waals surface area contributed by atoms with Gasteiger partial charge in [0.25, 0.3) is 0 Å². The smallest absolute Gasteiger partial charge is 0.224 e. The monoisotopic (exact) mass is 259 g/mol. The minimum atomic E-state index is -0.520. The van der Waals surface area contributed by atoms with Gasteiger partial charge in [0.2, 0.25) is 11.7 Å². The molecule has 1 heterocycles. The van der Waals surface area contributed by atoms with Crippen molar-refractivity contribution in [3.8, 4) is 5.88 Å². The van der Waals surface area contributed by atoms with Gasteiger partial charge in [0.05, 0.1) is 18.2 Å². The predicted molar refractivity (Wildman–Crippen MR) is 70.1 cm³/mol. The van der Waals surface area contributed by atoms with Crippen molar-refractivity contribution in [2.24, 2.45) is 0 Å². The van der Waals surface area contributed by atoms with E-state index in [1.165, 1.54) is 19.4 Å². The van der Waals surface area contributed by atoms with Crippen LogP contribution >= 0.6 is 0 Å². The number of hydrogen-bond donors (Lipinski definition) is 0. The number of halogens is 1. The van der Waals surface area contributed by atoms with Gasteiger partial charge in [-0.15, -0.1) is 0 Å². The van der Waals surface area contributed by atoms with E-state index >= 15 is 0 Å². The SMILES string of the molecule is COc1ncccc1C(=O)c1c(C)cc(C)cc1F. The van der Waals surface area contributed by atoms with Crippen LogP contribution in [0.3, 0.4) is 0 Å². The number of hydrogen-bond acceptors (Lipinski definition) is 3. The van der Waals surface area contributed by atoms with Crippen molar-refractivity contribution in [1.82, 2.24) is 4.98 Å². The minimum absolute atomic E-state index is 0.0666. The van der Waals surface area contributed by atoms with E-state index in [9.17, 15) is 9.18 Å². The minimum Gasteiger partial charge on any atom is -0.480 e. The molecule has 1 aromatic carbocycles. The Bertz CT molecular complexity index is 615. The Labute approximate surface area is 111 Å². The Hall–Kier alpha value is -2.23. The lowest BCUT2D eigenvalue weighted by Gasteiger charge is -2.10. The molecule has 0 N–H and O–H groups in total. The Morgan fingerprint density at radius 1 is 1.32 bits per heavy atom. The molecule has 0 radical (unpaired) electrons. The number of ether oxygens (including phenoxy) is 1. The van der Waals surface area contributed by atoms with Crippen LogP contribution in [0.1, 0.15) is 27.0 Å². The molecule has 0 fully saturated rings. The van der Waals surface area contributed by atoms with E-state index in [0.29, 0.717) is 5.56 Å². The number of benzene rings is 1. The zero-order chi connectivity index (χ0) is 14.0. The van der Waals surface area contributed by atoms with Crippen molar-refractivity contribution >= 4 is 5.78 Å². The van der Waals surface area contributed by atoms with E-state index in [1.54, 1.807) is 32.0 Å². The molecule has 98 valence electrons. The first-order valence-electron chi connectivity index (χ1n) is 5.85. The summed E-state index contributed by atoms with van der Waals surface area (Å²) in [5.74, 6) is -0.736. The topological polar surface area (TPSA) is 39.2 Å². The number of rotatable bonds is 3. The first-order chi connectivity index (χ1) is 9.04. The summed E-state index contributed by atoms with van der Waals surface area (Å²) in [7, 11) is 1.43. The van der Waals surface area contributed by atoms with Gasteiger partial charge in [-0.3, -0.25) is 4.79 Å². The summed E-state index contributed by atoms with van der Waals surface area (Å²) in [4.78, 5) is 16.4. The normalized spacial score (nSPS) is 10.3. The number of aryl methyl sites for hydroxylation is 2. The number of carbonyl (C=O) groups is 1. The zero-order valence-electron chi connectivity index (χ0n) is 11.0. The molecule has 0 bridgehead atoms. The molecular formula is C15H14FNO2. The van der Waals surface area contributed by atoms with Crippen molar-refractivity contribution < 1.29 is 13.9 Å². The summed E-state index contributed by atoms with van der Waals surface area (Å²) in [5.41, 5.74) is 1.71. The highest BCUT2D eigenvalue weighted by Crippen LogP contribution is 2.23. The Morgan fingerprint density at radius 3 is 2.68 bits per heavy atom. The molecule has 0 spiro atoms. The standard InChI is InChI=1S/C15H14FNO2/c1-9-7-10(2)13(12(16)8-9)14(18)11-5-4-6-17-15(11)19-3/h4-8H,1-3H3. The fourth-order valence-electron chi connectivity index (χ4n) is 2.06. The lowest BCUT2D eigenvalue weighted by molar-refractivity contribution is 0.103. The first kappa shape index (κ1) is 13.2. The van der Waals surface area contributed by atoms with Gasteiger partial charge in [0, 0.05) is 6.20 Å². The second kappa shape index (κ2) is 5.18. The number of aromatic nitrogens is 1. The second-order valence-corrected chi connectivity index (χ2v) is 4.33. The molecule has 0 aliphatic rings. The summed E-state index contributed by atoms with van der Waals surface area (Å²) in [5, 5.41) is 0. The zero-order valence-corrected chi connectivity index (χ0v) is 11.0. The molecule has 2 rings (SSSR count). The van der Waals surface area contributed by atoms with Gasteiger partial charge in [-0.1, -0.05) is 6.07 Å². The Balaban J connectivity index is 2.57. The van der Waals surface area contributed by atoms with Gasteiger partial charge in [0.15, 0.2) is 0 Å². The van der Waals surface area contributed by atoms with E-state index in [-0.39, 0.29) is 17.0 Å². The van der Waals surface area contributed by atoms with Crippen LogP contribution in [0.4, 0.5) is 4.39 Å². The molecule has 0 amide bonds. The van der Waals surface area contributed by atoms with E-state index < -0.39 is 11.6 Å². The van der Waals surface area contributed by atoms with Gasteiger partial charge >= 0.3 is 0 Å². The molecule has 4 heteroatoms. The van der Waals surface area contributed by atoms with Crippen molar-refractivity contribution in [1.29, 1.82) is 0 Å². The van der Waals surface area contributed by atoms with E-state index in [0.717, 1.165) is 5.56 Å². The van der Waals surface area contributed by atoms with Crippen molar-refractivity contribution in [3.63, 3.8) is 0 Å². The van der Waals surface area contributed by atoms with Crippen LogP contribution in [-0.4, -0.2) is 17.9 Å². The van der Waals surface area contributed by atoms with Crippen LogP contribution in [0.25, 0.3) is 0 Å². The van der Waals surface area contributed by atoms with E-state index in [1.807, 2.05) is 0 Å². The molecule has 0 aliphatic heterocycles. The summed E-state index contributed by atoms with van der Waals surface area (Å²) in [6, 6.07) is 6.33. The molecule has 1 aromatic heterocycles. The summed E-state index contributed by atoms with van der Waals surface area (Å²) in [6.07, 6.45) is 1.52. The van der Waals surface area contributed by atoms with Crippen molar-refractivity contribution in [2.45, 2.75) is 13.8 Å². The first-order valence-corrected chi connectivity index (χ1v) is 5.85. The summed E-state index contributed by atoms with van der Waals surface area (Å²) >= 11 is 0. The maximum absolute atomic E-state index is 14.0. The number of methoxy groups -OCH3 is 1. The highest BCUT2D eigenvalue weighted by Gasteiger charge is 2.20. The average molecular weight is 259 g/mol. The van der Waals surface area contributed by atoms with Crippen LogP contribution in [0, 0.1) is 19.7 Å². The highest BCUT2D eigenvalue weighted by molar-refractivity contribution is 6.11. The molecular weight excluding hydrogens is 245 g/mol. The van der Waals surface area contributed by atoms with Crippen molar-refractivity contribution in [3.05, 3.63) is 58.5 Å². The van der Waals surface area contributed by atoms with Crippen LogP contribution in [-0.2, 0) is 0 Å². The molecule has 0 atom stereocenters. The van der Waals surface area contributed by atoms with Gasteiger partial charge in [0.1, 0.15) is 5.82 Å². The van der Waals surface area contributed by atoms with Gasteiger partial charge in [-0.25, -0.2) is 9.37 Å². The highest BCUT2D eigenvalue weighted by atomic mass is 19.1. The molecule has 0 saturated carbocycles. The third kappa shape index (κ3) is 2.47. The fraction of sp³-hybridized carbons (Fsp3) is 0.200. The number of ketones is 1. The molecule has 19 heavy (non-hydrogen) atoms. The average Bonchev–Trinajstić information content (AvgIpc) is 2.37. The third-order valence-electron chi connectivity index (χ3n) is 2.87. The van der Waals surface area contributed by atoms with E-state index in [2.05, 4.69) is 4.98 Å². The van der Waals surface area contributed by atoms with Crippen LogP contribution in [0.5, 0.6) is 5.88 Å². The second-order valence-electron chi connectivity index (χ2n) is 4.33. The summed E-state index contributed by atoms with van der Waals surface area (Å²) < 4.78 is 19.0. The number of nitrogens with zero attached hydrogens (tertiary/aromatic N) is 1. The lowest BCUT2D eigenvalue weighted by Crippen LogP contribution is -2.09. The van der Waals surface area contributed by atoms with E-state index in [4.69, 9.17) is 4.74 Å². The molecule has 0 unspecified atom stereocenters. The lowest BCUT2D eigenvalue weighted by atomic mass is 9.97. The number of pyridine rings is 1. The fourth-order valence-corrected chi connectivity index (χ4v) is 2.06. The van der Waals surface area contributed by atoms with Crippen LogP contribution in [0.2, 0.25) is 0 Å². The van der Waals surface area contributed by atoms with Crippen LogP contribution < -0.4 is 4.74 Å². The van der Waals surface area contributed by atoms with Gasteiger partial charge in [-0.05, 0) is 43.2 Å².